The van der Waals surface area contributed by atoms with Gasteiger partial charge in [-0.05, 0) is 23.8 Å². The van der Waals surface area contributed by atoms with Crippen molar-refractivity contribution in [2.45, 2.75) is 10.3 Å². The monoisotopic (exact) mass is 342 g/mol. The van der Waals surface area contributed by atoms with Gasteiger partial charge < -0.3 is 5.73 Å². The predicted molar refractivity (Wildman–Crippen MR) is 81.0 cm³/mol. The van der Waals surface area contributed by atoms with E-state index in [2.05, 4.69) is 27.0 Å². The molecule has 2 N–H and O–H groups in total. The van der Waals surface area contributed by atoms with Crippen molar-refractivity contribution in [1.29, 1.82) is 0 Å². The predicted octanol–water partition coefficient (Wildman–Crippen LogP) is 4.29. The highest BCUT2D eigenvalue weighted by Gasteiger charge is 2.16. The summed E-state index contributed by atoms with van der Waals surface area (Å²) in [5, 5.41) is 1.60. The highest BCUT2D eigenvalue weighted by molar-refractivity contribution is 9.10. The molecule has 1 heterocycles. The Bertz CT molecular complexity index is 536. The Hall–Kier alpha value is -0.550. The third kappa shape index (κ3) is 3.26. The van der Waals surface area contributed by atoms with Gasteiger partial charge in [-0.15, -0.1) is 0 Å². The number of pyridine rings is 1. The van der Waals surface area contributed by atoms with Crippen LogP contribution >= 0.6 is 39.3 Å². The molecule has 0 aliphatic rings. The van der Waals surface area contributed by atoms with Gasteiger partial charge in [0.1, 0.15) is 5.03 Å². The number of nitrogens with zero attached hydrogens (tertiary/aromatic N) is 1. The number of hydrogen-bond acceptors (Lipinski definition) is 3. The fraction of sp³-hybridized carbons (Fsp3) is 0.154. The van der Waals surface area contributed by atoms with Crippen molar-refractivity contribution < 1.29 is 0 Å². The van der Waals surface area contributed by atoms with Crippen molar-refractivity contribution >= 4 is 39.3 Å². The first kappa shape index (κ1) is 13.9. The van der Waals surface area contributed by atoms with Crippen LogP contribution in [0, 0.1) is 0 Å². The summed E-state index contributed by atoms with van der Waals surface area (Å²) in [5.41, 5.74) is 7.02. The minimum absolute atomic E-state index is 0.132. The van der Waals surface area contributed by atoms with Crippen molar-refractivity contribution in [3.63, 3.8) is 0 Å². The molecule has 2 nitrogen and oxygen atoms in total. The molecule has 0 aliphatic heterocycles. The standard InChI is InChI=1S/C13H12BrClN2S/c14-10-5-2-1-4-9(10)12(8-16)18-13-11(15)6-3-7-17-13/h1-7,12H,8,16H2. The zero-order chi connectivity index (χ0) is 13.0. The molecule has 1 aromatic carbocycles. The summed E-state index contributed by atoms with van der Waals surface area (Å²) in [6.07, 6.45) is 1.74. The average molecular weight is 344 g/mol. The maximum Gasteiger partial charge on any atom is 0.115 e. The second kappa shape index (κ2) is 6.57. The van der Waals surface area contributed by atoms with E-state index in [0.717, 1.165) is 15.1 Å². The molecule has 0 aliphatic carbocycles. The number of benzene rings is 1. The third-order valence-electron chi connectivity index (χ3n) is 2.44. The van der Waals surface area contributed by atoms with Gasteiger partial charge in [-0.25, -0.2) is 4.98 Å². The van der Waals surface area contributed by atoms with Gasteiger partial charge in [0.15, 0.2) is 0 Å². The topological polar surface area (TPSA) is 38.9 Å². The molecule has 0 spiro atoms. The van der Waals surface area contributed by atoms with Crippen LogP contribution in [-0.2, 0) is 0 Å². The van der Waals surface area contributed by atoms with E-state index in [1.165, 1.54) is 0 Å². The summed E-state index contributed by atoms with van der Waals surface area (Å²) >= 11 is 11.2. The molecule has 0 radical (unpaired) electrons. The lowest BCUT2D eigenvalue weighted by molar-refractivity contribution is 0.930. The molecule has 18 heavy (non-hydrogen) atoms. The molecule has 1 aromatic heterocycles. The molecule has 5 heteroatoms. The van der Waals surface area contributed by atoms with Crippen molar-refractivity contribution in [2.24, 2.45) is 5.73 Å². The number of hydrogen-bond donors (Lipinski definition) is 1. The SMILES string of the molecule is NCC(Sc1ncccc1Cl)c1ccccc1Br. The molecule has 1 unspecified atom stereocenters. The van der Waals surface area contributed by atoms with E-state index in [9.17, 15) is 0 Å². The van der Waals surface area contributed by atoms with Crippen LogP contribution in [0.15, 0.2) is 52.1 Å². The van der Waals surface area contributed by atoms with Crippen LogP contribution in [-0.4, -0.2) is 11.5 Å². The molecule has 0 fully saturated rings. The second-order valence-corrected chi connectivity index (χ2v) is 6.11. The first-order chi connectivity index (χ1) is 8.72. The number of rotatable bonds is 4. The normalized spacial score (nSPS) is 12.4. The number of nitrogens with two attached hydrogens (primary N) is 1. The van der Waals surface area contributed by atoms with Crippen molar-refractivity contribution in [1.82, 2.24) is 4.98 Å². The zero-order valence-electron chi connectivity index (χ0n) is 9.51. The van der Waals surface area contributed by atoms with Gasteiger partial charge in [0, 0.05) is 22.5 Å². The Morgan fingerprint density at radius 2 is 2.06 bits per heavy atom. The van der Waals surface area contributed by atoms with Gasteiger partial charge in [-0.2, -0.15) is 0 Å². The van der Waals surface area contributed by atoms with Crippen LogP contribution in [0.3, 0.4) is 0 Å². The fourth-order valence-corrected chi connectivity index (χ4v) is 3.54. The van der Waals surface area contributed by atoms with Crippen molar-refractivity contribution in [2.75, 3.05) is 6.54 Å². The van der Waals surface area contributed by atoms with Crippen LogP contribution in [0.25, 0.3) is 0 Å². The summed E-state index contributed by atoms with van der Waals surface area (Å²) in [5.74, 6) is 0. The molecule has 1 atom stereocenters. The lowest BCUT2D eigenvalue weighted by Gasteiger charge is -2.16. The Morgan fingerprint density at radius 1 is 1.28 bits per heavy atom. The quantitative estimate of drug-likeness (QED) is 0.842. The summed E-state index contributed by atoms with van der Waals surface area (Å²) in [4.78, 5) is 4.28. The Morgan fingerprint density at radius 3 is 2.72 bits per heavy atom. The van der Waals surface area contributed by atoms with Crippen LogP contribution < -0.4 is 5.73 Å². The Balaban J connectivity index is 2.26. The molecular weight excluding hydrogens is 332 g/mol. The van der Waals surface area contributed by atoms with Gasteiger partial charge >= 0.3 is 0 Å². The fourth-order valence-electron chi connectivity index (χ4n) is 1.57. The lowest BCUT2D eigenvalue weighted by atomic mass is 10.1. The lowest BCUT2D eigenvalue weighted by Crippen LogP contribution is -2.10. The van der Waals surface area contributed by atoms with Crippen LogP contribution in [0.4, 0.5) is 0 Å². The van der Waals surface area contributed by atoms with Crippen molar-refractivity contribution in [3.8, 4) is 0 Å². The van der Waals surface area contributed by atoms with Crippen LogP contribution in [0.1, 0.15) is 10.8 Å². The van der Waals surface area contributed by atoms with E-state index in [1.807, 2.05) is 30.3 Å². The highest BCUT2D eigenvalue weighted by Crippen LogP contribution is 2.39. The third-order valence-corrected chi connectivity index (χ3v) is 4.86. The van der Waals surface area contributed by atoms with Gasteiger partial charge in [0.25, 0.3) is 0 Å². The van der Waals surface area contributed by atoms with Gasteiger partial charge in [-0.3, -0.25) is 0 Å². The first-order valence-corrected chi connectivity index (χ1v) is 7.49. The summed E-state index contributed by atoms with van der Waals surface area (Å²) in [6.45, 7) is 0.528. The summed E-state index contributed by atoms with van der Waals surface area (Å²) in [6, 6.07) is 11.7. The molecule has 0 saturated carbocycles. The van der Waals surface area contributed by atoms with Crippen LogP contribution in [0.5, 0.6) is 0 Å². The minimum Gasteiger partial charge on any atom is -0.329 e. The van der Waals surface area contributed by atoms with Gasteiger partial charge in [0.05, 0.1) is 5.02 Å². The zero-order valence-corrected chi connectivity index (χ0v) is 12.7. The smallest absolute Gasteiger partial charge is 0.115 e. The van der Waals surface area contributed by atoms with Crippen LogP contribution in [0.2, 0.25) is 5.02 Å². The molecule has 2 aromatic rings. The Kier molecular flexibility index (Phi) is 5.06. The van der Waals surface area contributed by atoms with Gasteiger partial charge in [-0.1, -0.05) is 57.5 Å². The summed E-state index contributed by atoms with van der Waals surface area (Å²) < 4.78 is 1.06. The average Bonchev–Trinajstić information content (AvgIpc) is 2.39. The Labute approximate surface area is 124 Å². The second-order valence-electron chi connectivity index (χ2n) is 3.65. The molecule has 0 saturated heterocycles. The summed E-state index contributed by atoms with van der Waals surface area (Å²) in [7, 11) is 0. The minimum atomic E-state index is 0.132. The van der Waals surface area contributed by atoms with Crippen molar-refractivity contribution in [3.05, 3.63) is 57.7 Å². The maximum atomic E-state index is 6.12. The van der Waals surface area contributed by atoms with E-state index in [0.29, 0.717) is 11.6 Å². The van der Waals surface area contributed by atoms with E-state index in [-0.39, 0.29) is 5.25 Å². The van der Waals surface area contributed by atoms with E-state index < -0.39 is 0 Å². The highest BCUT2D eigenvalue weighted by atomic mass is 79.9. The number of aromatic nitrogens is 1. The van der Waals surface area contributed by atoms with Gasteiger partial charge in [0.2, 0.25) is 0 Å². The number of thioether (sulfide) groups is 1. The molecule has 0 amide bonds. The maximum absolute atomic E-state index is 6.12. The molecule has 0 bridgehead atoms. The van der Waals surface area contributed by atoms with E-state index >= 15 is 0 Å². The number of halogens is 2. The van der Waals surface area contributed by atoms with E-state index in [4.69, 9.17) is 17.3 Å². The first-order valence-electron chi connectivity index (χ1n) is 5.44. The largest absolute Gasteiger partial charge is 0.329 e. The molecular formula is C13H12BrClN2S. The molecule has 2 rings (SSSR count). The van der Waals surface area contributed by atoms with E-state index in [1.54, 1.807) is 18.0 Å². The molecule has 94 valence electrons.